The van der Waals surface area contributed by atoms with Crippen molar-refractivity contribution >= 4 is 11.3 Å². The van der Waals surface area contributed by atoms with E-state index in [1.807, 2.05) is 11.4 Å². The molecule has 1 saturated carbocycles. The normalized spacial score (nSPS) is 17.9. The molecule has 102 valence electrons. The number of ether oxygens (including phenoxy) is 1. The Hall–Kier alpha value is -0.420. The summed E-state index contributed by atoms with van der Waals surface area (Å²) in [6.07, 6.45) is 3.71. The molecular formula is C14H23NO2S. The first-order chi connectivity index (χ1) is 8.74. The molecule has 3 nitrogen and oxygen atoms in total. The predicted molar refractivity (Wildman–Crippen MR) is 74.8 cm³/mol. The third-order valence-electron chi connectivity index (χ3n) is 3.45. The fraction of sp³-hybridized carbons (Fsp3) is 0.714. The summed E-state index contributed by atoms with van der Waals surface area (Å²) in [5.74, 6) is 0.856. The molecule has 1 unspecified atom stereocenters. The third-order valence-corrected chi connectivity index (χ3v) is 4.30. The molecule has 0 aromatic carbocycles. The van der Waals surface area contributed by atoms with Gasteiger partial charge in [-0.25, -0.2) is 0 Å². The molecule has 0 amide bonds. The van der Waals surface area contributed by atoms with Crippen LogP contribution in [0, 0.1) is 5.92 Å². The van der Waals surface area contributed by atoms with E-state index in [0.717, 1.165) is 12.5 Å². The summed E-state index contributed by atoms with van der Waals surface area (Å²) in [4.78, 5) is 3.44. The number of aliphatic hydroxyl groups is 1. The van der Waals surface area contributed by atoms with Gasteiger partial charge >= 0.3 is 0 Å². The molecule has 1 aromatic rings. The zero-order valence-electron chi connectivity index (χ0n) is 11.0. The maximum atomic E-state index is 9.89. The van der Waals surface area contributed by atoms with Gasteiger partial charge in [0.15, 0.2) is 0 Å². The van der Waals surface area contributed by atoms with Gasteiger partial charge in [0.2, 0.25) is 0 Å². The molecule has 0 spiro atoms. The lowest BCUT2D eigenvalue weighted by Gasteiger charge is -2.31. The first kappa shape index (κ1) is 14.0. The van der Waals surface area contributed by atoms with Crippen LogP contribution < -0.4 is 0 Å². The van der Waals surface area contributed by atoms with E-state index in [4.69, 9.17) is 4.74 Å². The van der Waals surface area contributed by atoms with E-state index in [9.17, 15) is 5.11 Å². The van der Waals surface area contributed by atoms with Crippen molar-refractivity contribution in [2.75, 3.05) is 26.7 Å². The quantitative estimate of drug-likeness (QED) is 0.786. The summed E-state index contributed by atoms with van der Waals surface area (Å²) in [6.45, 7) is 2.86. The number of aliphatic hydroxyl groups excluding tert-OH is 1. The SMILES string of the molecule is CN(CC(O)COCc1cccs1)CC1CCC1. The van der Waals surface area contributed by atoms with Crippen molar-refractivity contribution in [3.8, 4) is 0 Å². The first-order valence-electron chi connectivity index (χ1n) is 6.71. The van der Waals surface area contributed by atoms with E-state index >= 15 is 0 Å². The van der Waals surface area contributed by atoms with Crippen molar-refractivity contribution in [1.29, 1.82) is 0 Å². The summed E-state index contributed by atoms with van der Waals surface area (Å²) in [7, 11) is 2.08. The maximum absolute atomic E-state index is 9.89. The second-order valence-corrected chi connectivity index (χ2v) is 6.30. The highest BCUT2D eigenvalue weighted by molar-refractivity contribution is 7.09. The lowest BCUT2D eigenvalue weighted by Crippen LogP contribution is -2.36. The highest BCUT2D eigenvalue weighted by Gasteiger charge is 2.20. The second kappa shape index (κ2) is 7.24. The van der Waals surface area contributed by atoms with Gasteiger partial charge in [0.1, 0.15) is 0 Å². The lowest BCUT2D eigenvalue weighted by atomic mass is 9.85. The Morgan fingerprint density at radius 1 is 1.56 bits per heavy atom. The Bertz CT molecular complexity index is 325. The van der Waals surface area contributed by atoms with Crippen molar-refractivity contribution in [1.82, 2.24) is 4.90 Å². The highest BCUT2D eigenvalue weighted by atomic mass is 32.1. The molecule has 1 aliphatic carbocycles. The highest BCUT2D eigenvalue weighted by Crippen LogP contribution is 2.26. The van der Waals surface area contributed by atoms with Gasteiger partial charge < -0.3 is 14.7 Å². The summed E-state index contributed by atoms with van der Waals surface area (Å²) in [6, 6.07) is 4.08. The van der Waals surface area contributed by atoms with Crippen LogP contribution in [0.2, 0.25) is 0 Å². The Kier molecular flexibility index (Phi) is 5.63. The molecule has 1 aliphatic rings. The van der Waals surface area contributed by atoms with Crippen LogP contribution >= 0.6 is 11.3 Å². The monoisotopic (exact) mass is 269 g/mol. The number of hydrogen-bond acceptors (Lipinski definition) is 4. The topological polar surface area (TPSA) is 32.7 Å². The molecule has 1 atom stereocenters. The second-order valence-electron chi connectivity index (χ2n) is 5.27. The molecule has 4 heteroatoms. The average Bonchev–Trinajstić information content (AvgIpc) is 2.76. The molecule has 0 aliphatic heterocycles. The number of likely N-dealkylation sites (N-methyl/N-ethyl adjacent to an activating group) is 1. The minimum atomic E-state index is -0.380. The molecule has 0 saturated heterocycles. The zero-order chi connectivity index (χ0) is 12.8. The molecule has 1 heterocycles. The molecule has 1 N–H and O–H groups in total. The molecule has 2 rings (SSSR count). The van der Waals surface area contributed by atoms with Gasteiger partial charge in [-0.1, -0.05) is 12.5 Å². The number of hydrogen-bond donors (Lipinski definition) is 1. The Morgan fingerprint density at radius 2 is 2.39 bits per heavy atom. The van der Waals surface area contributed by atoms with E-state index < -0.39 is 0 Å². The smallest absolute Gasteiger partial charge is 0.0900 e. The van der Waals surface area contributed by atoms with Crippen LogP contribution in [0.15, 0.2) is 17.5 Å². The van der Waals surface area contributed by atoms with E-state index in [1.165, 1.54) is 24.1 Å². The van der Waals surface area contributed by atoms with Crippen LogP contribution in [0.4, 0.5) is 0 Å². The lowest BCUT2D eigenvalue weighted by molar-refractivity contribution is 0.0108. The average molecular weight is 269 g/mol. The van der Waals surface area contributed by atoms with Gasteiger partial charge in [-0.2, -0.15) is 0 Å². The van der Waals surface area contributed by atoms with E-state index in [1.54, 1.807) is 11.3 Å². The molecular weight excluding hydrogens is 246 g/mol. The maximum Gasteiger partial charge on any atom is 0.0900 e. The van der Waals surface area contributed by atoms with Crippen LogP contribution in [0.5, 0.6) is 0 Å². The van der Waals surface area contributed by atoms with Gasteiger partial charge in [0.25, 0.3) is 0 Å². The van der Waals surface area contributed by atoms with Crippen LogP contribution in [0.1, 0.15) is 24.1 Å². The minimum Gasteiger partial charge on any atom is -0.389 e. The van der Waals surface area contributed by atoms with Crippen molar-refractivity contribution in [2.24, 2.45) is 5.92 Å². The summed E-state index contributed by atoms with van der Waals surface area (Å²) < 4.78 is 5.52. The van der Waals surface area contributed by atoms with E-state index in [-0.39, 0.29) is 6.10 Å². The van der Waals surface area contributed by atoms with Crippen LogP contribution in [-0.2, 0) is 11.3 Å². The van der Waals surface area contributed by atoms with Gasteiger partial charge in [-0.3, -0.25) is 0 Å². The van der Waals surface area contributed by atoms with Crippen LogP contribution in [0.3, 0.4) is 0 Å². The molecule has 0 bridgehead atoms. The van der Waals surface area contributed by atoms with Gasteiger partial charge in [-0.05, 0) is 37.3 Å². The van der Waals surface area contributed by atoms with Gasteiger partial charge in [-0.15, -0.1) is 11.3 Å². The Morgan fingerprint density at radius 3 is 3.00 bits per heavy atom. The van der Waals surface area contributed by atoms with Crippen molar-refractivity contribution in [3.05, 3.63) is 22.4 Å². The third kappa shape index (κ3) is 4.69. The van der Waals surface area contributed by atoms with Crippen LogP contribution in [-0.4, -0.2) is 42.9 Å². The standard InChI is InChI=1S/C14H23NO2S/c1-15(8-12-4-2-5-12)9-13(16)10-17-11-14-6-3-7-18-14/h3,6-7,12-13,16H,2,4-5,8-11H2,1H3. The van der Waals surface area contributed by atoms with Gasteiger partial charge in [0, 0.05) is 18.0 Å². The predicted octanol–water partition coefficient (Wildman–Crippen LogP) is 2.36. The van der Waals surface area contributed by atoms with E-state index in [0.29, 0.717) is 19.8 Å². The Labute approximate surface area is 113 Å². The summed E-state index contributed by atoms with van der Waals surface area (Å²) in [5.41, 5.74) is 0. The zero-order valence-corrected chi connectivity index (χ0v) is 11.9. The fourth-order valence-electron chi connectivity index (χ4n) is 2.29. The fourth-order valence-corrected chi connectivity index (χ4v) is 2.93. The molecule has 18 heavy (non-hydrogen) atoms. The summed E-state index contributed by atoms with van der Waals surface area (Å²) >= 11 is 1.69. The number of rotatable bonds is 8. The van der Waals surface area contributed by atoms with E-state index in [2.05, 4.69) is 18.0 Å². The minimum absolute atomic E-state index is 0.380. The van der Waals surface area contributed by atoms with Crippen LogP contribution in [0.25, 0.3) is 0 Å². The summed E-state index contributed by atoms with van der Waals surface area (Å²) in [5, 5.41) is 11.9. The molecule has 1 aromatic heterocycles. The van der Waals surface area contributed by atoms with Crippen molar-refractivity contribution < 1.29 is 9.84 Å². The first-order valence-corrected chi connectivity index (χ1v) is 7.58. The van der Waals surface area contributed by atoms with Gasteiger partial charge in [0.05, 0.1) is 19.3 Å². The Balaban J connectivity index is 1.54. The number of thiophene rings is 1. The van der Waals surface area contributed by atoms with Crippen molar-refractivity contribution in [3.63, 3.8) is 0 Å². The molecule has 0 radical (unpaired) electrons. The van der Waals surface area contributed by atoms with Crippen molar-refractivity contribution in [2.45, 2.75) is 32.0 Å². The molecule has 1 fully saturated rings. The number of nitrogens with zero attached hydrogens (tertiary/aromatic N) is 1. The largest absolute Gasteiger partial charge is 0.389 e.